The highest BCUT2D eigenvalue weighted by Crippen LogP contribution is 2.21. The maximum atomic E-state index is 11.0. The van der Waals surface area contributed by atoms with Crippen molar-refractivity contribution in [2.75, 3.05) is 5.32 Å². The standard InChI is InChI=1S/C12H10ClIN2O2/c13-10-5-7(1-3-9(10)12(15)17)16-6-8-2-4-11(14)18-8/h1-5,16H,6H2,(H2,15,17). The number of carbonyl (C=O) groups is 1. The number of furan rings is 1. The second-order valence-electron chi connectivity index (χ2n) is 3.62. The highest BCUT2D eigenvalue weighted by Gasteiger charge is 2.07. The lowest BCUT2D eigenvalue weighted by Gasteiger charge is -2.06. The SMILES string of the molecule is NC(=O)c1ccc(NCc2ccc(I)o2)cc1Cl. The van der Waals surface area contributed by atoms with Crippen LogP contribution in [0.4, 0.5) is 5.69 Å². The first-order valence-corrected chi connectivity index (χ1v) is 6.59. The van der Waals surface area contributed by atoms with Gasteiger partial charge in [-0.1, -0.05) is 11.6 Å². The van der Waals surface area contributed by atoms with Gasteiger partial charge >= 0.3 is 0 Å². The van der Waals surface area contributed by atoms with Gasteiger partial charge in [0.05, 0.1) is 17.1 Å². The molecule has 2 rings (SSSR count). The molecule has 0 spiro atoms. The minimum absolute atomic E-state index is 0.315. The van der Waals surface area contributed by atoms with Gasteiger partial charge in [0.15, 0.2) is 3.77 Å². The summed E-state index contributed by atoms with van der Waals surface area (Å²) in [5.74, 6) is 0.293. The summed E-state index contributed by atoms with van der Waals surface area (Å²) in [6.45, 7) is 0.551. The predicted octanol–water partition coefficient (Wildman–Crippen LogP) is 3.25. The average Bonchev–Trinajstić information content (AvgIpc) is 2.72. The van der Waals surface area contributed by atoms with Crippen LogP contribution in [0.3, 0.4) is 0 Å². The van der Waals surface area contributed by atoms with Crippen molar-refractivity contribution >= 4 is 45.8 Å². The molecule has 0 aliphatic rings. The van der Waals surface area contributed by atoms with E-state index in [1.54, 1.807) is 18.2 Å². The van der Waals surface area contributed by atoms with Crippen LogP contribution in [0.5, 0.6) is 0 Å². The lowest BCUT2D eigenvalue weighted by Crippen LogP contribution is -2.11. The minimum Gasteiger partial charge on any atom is -0.454 e. The zero-order chi connectivity index (χ0) is 13.1. The fraction of sp³-hybridized carbons (Fsp3) is 0.0833. The van der Waals surface area contributed by atoms with Gasteiger partial charge in [0.1, 0.15) is 5.76 Å². The molecule has 0 aliphatic carbocycles. The zero-order valence-electron chi connectivity index (χ0n) is 9.24. The Kier molecular flexibility index (Phi) is 4.13. The topological polar surface area (TPSA) is 68.3 Å². The second-order valence-corrected chi connectivity index (χ2v) is 5.09. The van der Waals surface area contributed by atoms with E-state index in [1.807, 2.05) is 12.1 Å². The van der Waals surface area contributed by atoms with Crippen molar-refractivity contribution in [2.24, 2.45) is 5.73 Å². The van der Waals surface area contributed by atoms with Gasteiger partial charge in [0.25, 0.3) is 0 Å². The van der Waals surface area contributed by atoms with Crippen molar-refractivity contribution in [3.05, 3.63) is 50.4 Å². The van der Waals surface area contributed by atoms with Crippen LogP contribution >= 0.6 is 34.2 Å². The maximum Gasteiger partial charge on any atom is 0.250 e. The van der Waals surface area contributed by atoms with Gasteiger partial charge in [0.2, 0.25) is 5.91 Å². The van der Waals surface area contributed by atoms with E-state index < -0.39 is 5.91 Å². The summed E-state index contributed by atoms with van der Waals surface area (Å²) >= 11 is 8.05. The van der Waals surface area contributed by atoms with Crippen LogP contribution in [0, 0.1) is 3.77 Å². The predicted molar refractivity (Wildman–Crippen MR) is 78.7 cm³/mol. The Hall–Kier alpha value is -1.21. The summed E-state index contributed by atoms with van der Waals surface area (Å²) in [5.41, 5.74) is 6.29. The number of carbonyl (C=O) groups excluding carboxylic acids is 1. The van der Waals surface area contributed by atoms with Gasteiger partial charge in [0, 0.05) is 5.69 Å². The van der Waals surface area contributed by atoms with Crippen LogP contribution in [-0.2, 0) is 6.54 Å². The monoisotopic (exact) mass is 376 g/mol. The third-order valence-corrected chi connectivity index (χ3v) is 3.22. The molecule has 1 aromatic heterocycles. The second kappa shape index (κ2) is 5.62. The number of anilines is 1. The molecule has 0 aliphatic heterocycles. The lowest BCUT2D eigenvalue weighted by molar-refractivity contribution is 0.100. The molecule has 4 nitrogen and oxygen atoms in total. The molecule has 1 amide bonds. The van der Waals surface area contributed by atoms with Crippen LogP contribution in [0.1, 0.15) is 16.1 Å². The van der Waals surface area contributed by atoms with E-state index in [-0.39, 0.29) is 0 Å². The van der Waals surface area contributed by atoms with Gasteiger partial charge < -0.3 is 15.5 Å². The van der Waals surface area contributed by atoms with Crippen molar-refractivity contribution in [3.8, 4) is 0 Å². The molecule has 0 unspecified atom stereocenters. The summed E-state index contributed by atoms with van der Waals surface area (Å²) in [7, 11) is 0. The molecule has 0 fully saturated rings. The molecule has 1 heterocycles. The van der Waals surface area contributed by atoms with Gasteiger partial charge in [-0.25, -0.2) is 0 Å². The van der Waals surface area contributed by atoms with Crippen LogP contribution in [0.25, 0.3) is 0 Å². The molecule has 0 saturated carbocycles. The van der Waals surface area contributed by atoms with Crippen molar-refractivity contribution in [3.63, 3.8) is 0 Å². The van der Waals surface area contributed by atoms with E-state index in [9.17, 15) is 4.79 Å². The number of halogens is 2. The van der Waals surface area contributed by atoms with E-state index >= 15 is 0 Å². The molecule has 0 saturated heterocycles. The Balaban J connectivity index is 2.06. The minimum atomic E-state index is -0.535. The zero-order valence-corrected chi connectivity index (χ0v) is 12.2. The number of primary amides is 1. The van der Waals surface area contributed by atoms with Crippen molar-refractivity contribution in [1.29, 1.82) is 0 Å². The largest absolute Gasteiger partial charge is 0.454 e. The molecule has 3 N–H and O–H groups in total. The molecule has 1 aromatic carbocycles. The summed E-state index contributed by atoms with van der Waals surface area (Å²) in [5, 5.41) is 3.48. The lowest BCUT2D eigenvalue weighted by atomic mass is 10.2. The van der Waals surface area contributed by atoms with Crippen molar-refractivity contribution in [1.82, 2.24) is 0 Å². The summed E-state index contributed by atoms with van der Waals surface area (Å²) in [6.07, 6.45) is 0. The Labute approximate surface area is 123 Å². The normalized spacial score (nSPS) is 10.3. The molecule has 0 bridgehead atoms. The Morgan fingerprint density at radius 2 is 2.17 bits per heavy atom. The number of rotatable bonds is 4. The fourth-order valence-electron chi connectivity index (χ4n) is 1.46. The van der Waals surface area contributed by atoms with Gasteiger partial charge in [-0.15, -0.1) is 0 Å². The van der Waals surface area contributed by atoms with E-state index in [2.05, 4.69) is 27.9 Å². The van der Waals surface area contributed by atoms with Crippen LogP contribution in [0.15, 0.2) is 34.7 Å². The maximum absolute atomic E-state index is 11.0. The van der Waals surface area contributed by atoms with Crippen molar-refractivity contribution in [2.45, 2.75) is 6.54 Å². The summed E-state index contributed by atoms with van der Waals surface area (Å²) in [6, 6.07) is 8.79. The highest BCUT2D eigenvalue weighted by molar-refractivity contribution is 14.1. The fourth-order valence-corrected chi connectivity index (χ4v) is 2.20. The Bertz CT molecular complexity index is 583. The first kappa shape index (κ1) is 13.2. The number of hydrogen-bond donors (Lipinski definition) is 2. The van der Waals surface area contributed by atoms with Gasteiger partial charge in [-0.3, -0.25) is 4.79 Å². The number of amides is 1. The summed E-state index contributed by atoms with van der Waals surface area (Å²) in [4.78, 5) is 11.0. The Morgan fingerprint density at radius 3 is 2.72 bits per heavy atom. The van der Waals surface area contributed by atoms with E-state index in [4.69, 9.17) is 21.8 Å². The third kappa shape index (κ3) is 3.17. The molecule has 0 radical (unpaired) electrons. The Morgan fingerprint density at radius 1 is 1.39 bits per heavy atom. The molecular formula is C12H10ClIN2O2. The molecule has 18 heavy (non-hydrogen) atoms. The number of nitrogens with two attached hydrogens (primary N) is 1. The number of benzene rings is 1. The molecular weight excluding hydrogens is 367 g/mol. The van der Waals surface area contributed by atoms with Gasteiger partial charge in [-0.2, -0.15) is 0 Å². The average molecular weight is 377 g/mol. The molecule has 6 heteroatoms. The van der Waals surface area contributed by atoms with Crippen LogP contribution in [0.2, 0.25) is 5.02 Å². The van der Waals surface area contributed by atoms with E-state index in [1.165, 1.54) is 0 Å². The first-order chi connectivity index (χ1) is 8.56. The quantitative estimate of drug-likeness (QED) is 0.805. The van der Waals surface area contributed by atoms with Gasteiger partial charge in [-0.05, 0) is 52.9 Å². The molecule has 2 aromatic rings. The smallest absolute Gasteiger partial charge is 0.250 e. The number of hydrogen-bond acceptors (Lipinski definition) is 3. The number of nitrogens with one attached hydrogen (secondary N) is 1. The molecule has 94 valence electrons. The van der Waals surface area contributed by atoms with E-state index in [0.717, 1.165) is 15.2 Å². The highest BCUT2D eigenvalue weighted by atomic mass is 127. The van der Waals surface area contributed by atoms with Crippen molar-refractivity contribution < 1.29 is 9.21 Å². The third-order valence-electron chi connectivity index (χ3n) is 2.33. The summed E-state index contributed by atoms with van der Waals surface area (Å²) < 4.78 is 6.25. The van der Waals surface area contributed by atoms with Crippen LogP contribution < -0.4 is 11.1 Å². The molecule has 0 atom stereocenters. The van der Waals surface area contributed by atoms with E-state index in [0.29, 0.717) is 17.1 Å². The van der Waals surface area contributed by atoms with Crippen LogP contribution in [-0.4, -0.2) is 5.91 Å². The first-order valence-electron chi connectivity index (χ1n) is 5.13.